The van der Waals surface area contributed by atoms with Crippen molar-refractivity contribution >= 4 is 33.5 Å². The summed E-state index contributed by atoms with van der Waals surface area (Å²) in [6.45, 7) is 19.2. The normalized spacial score (nSPS) is 19.2. The number of hydrogen-bond acceptors (Lipinski definition) is 7. The predicted molar refractivity (Wildman–Crippen MR) is 259 cm³/mol. The Bertz CT molecular complexity index is 1980. The van der Waals surface area contributed by atoms with Crippen molar-refractivity contribution in [2.75, 3.05) is 33.8 Å². The molecule has 2 saturated carbocycles. The van der Waals surface area contributed by atoms with Crippen LogP contribution in [-0.4, -0.2) is 72.8 Å². The fourth-order valence-electron chi connectivity index (χ4n) is 8.95. The van der Waals surface area contributed by atoms with Crippen molar-refractivity contribution < 1.29 is 28.9 Å². The first-order valence-corrected chi connectivity index (χ1v) is 22.6. The minimum atomic E-state index is -0.755. The van der Waals surface area contributed by atoms with Crippen LogP contribution < -0.4 is 9.47 Å². The van der Waals surface area contributed by atoms with Gasteiger partial charge in [0.05, 0.1) is 31.7 Å². The number of rotatable bonds is 15. The van der Waals surface area contributed by atoms with Crippen LogP contribution >= 0.6 is 0 Å². The minimum Gasteiger partial charge on any atom is -0.490 e. The summed E-state index contributed by atoms with van der Waals surface area (Å²) in [5, 5.41) is 13.6. The molecule has 4 aromatic carbocycles. The molecule has 344 valence electrons. The molecule has 8 nitrogen and oxygen atoms in total. The molecule has 0 atom stereocenters. The van der Waals surface area contributed by atoms with Gasteiger partial charge in [-0.3, -0.25) is 9.59 Å². The van der Waals surface area contributed by atoms with Crippen molar-refractivity contribution in [1.29, 1.82) is 0 Å². The van der Waals surface area contributed by atoms with E-state index >= 15 is 0 Å². The number of ether oxygens (including phenoxy) is 3. The van der Waals surface area contributed by atoms with Gasteiger partial charge in [-0.25, -0.2) is 0 Å². The van der Waals surface area contributed by atoms with E-state index in [2.05, 4.69) is 119 Å². The number of nitrogens with zero attached hydrogens (tertiary/aromatic N) is 2. The van der Waals surface area contributed by atoms with Gasteiger partial charge in [0.2, 0.25) is 0 Å². The van der Waals surface area contributed by atoms with E-state index in [0.717, 1.165) is 62.1 Å². The Kier molecular flexibility index (Phi) is 20.3. The summed E-state index contributed by atoms with van der Waals surface area (Å²) in [5.74, 6) is 2.65. The predicted octanol–water partition coefficient (Wildman–Crippen LogP) is 13.2. The van der Waals surface area contributed by atoms with E-state index in [-0.39, 0.29) is 27.2 Å². The summed E-state index contributed by atoms with van der Waals surface area (Å²) in [6, 6.07) is 25.8. The molecule has 0 amide bonds. The standard InChI is InChI=1S/C27H39NO3.C25H35NO3.2CH4/c1-6-30-26(29)15-16-28(5)19-20-7-8-22-18-25(12-9-21(22)17-20)31-24-13-10-23(11-14-24)27(2,3)4;1-25(2,3)21-8-11-22(12-9-21)29-23-10-7-19-15-18(5-6-20(19)16-23)17-26(4)14-13-24(27)28;;/h7-9,12,17-18,23-24H,6,10-11,13-16,19H2,1-5H3;5-7,10,15-16,21-22H,8-9,11-14,17H2,1-4H3,(H,27,28);2*1H4. The number of carboxylic acids is 1. The van der Waals surface area contributed by atoms with E-state index in [1.807, 2.05) is 25.9 Å². The first kappa shape index (κ1) is 52.2. The lowest BCUT2D eigenvalue weighted by atomic mass is 9.72. The van der Waals surface area contributed by atoms with Gasteiger partial charge in [-0.15, -0.1) is 0 Å². The van der Waals surface area contributed by atoms with Crippen LogP contribution in [0.15, 0.2) is 72.8 Å². The van der Waals surface area contributed by atoms with Gasteiger partial charge in [-0.05, 0) is 164 Å². The van der Waals surface area contributed by atoms with Gasteiger partial charge in [0.1, 0.15) is 11.5 Å². The monoisotopic (exact) mass is 855 g/mol. The lowest BCUT2D eigenvalue weighted by Crippen LogP contribution is -2.30. The second-order valence-electron chi connectivity index (χ2n) is 19.8. The van der Waals surface area contributed by atoms with Crippen LogP contribution in [0.25, 0.3) is 21.5 Å². The Balaban J connectivity index is 0.000000321. The molecule has 62 heavy (non-hydrogen) atoms. The van der Waals surface area contributed by atoms with Crippen molar-refractivity contribution in [2.45, 2.75) is 153 Å². The number of carbonyl (C=O) groups excluding carboxylic acids is 1. The summed E-state index contributed by atoms with van der Waals surface area (Å²) in [4.78, 5) is 26.5. The lowest BCUT2D eigenvalue weighted by molar-refractivity contribution is -0.143. The largest absolute Gasteiger partial charge is 0.490 e. The molecule has 4 aromatic rings. The third-order valence-electron chi connectivity index (χ3n) is 12.8. The summed E-state index contributed by atoms with van der Waals surface area (Å²) in [5.41, 5.74) is 3.24. The SMILES string of the molecule is C.C.CCOC(=O)CCN(C)Cc1ccc2cc(OC3CCC(C(C)(C)C)CC3)ccc2c1.CN(CCC(=O)O)Cc1ccc2cc(OC3CCC(C(C)(C)C)CC3)ccc2c1. The number of benzene rings is 4. The van der Waals surface area contributed by atoms with Gasteiger partial charge in [-0.2, -0.15) is 0 Å². The highest BCUT2D eigenvalue weighted by Gasteiger charge is 2.31. The number of fused-ring (bicyclic) bond motifs is 2. The van der Waals surface area contributed by atoms with Gasteiger partial charge >= 0.3 is 11.9 Å². The molecular formula is C54H82N2O6. The van der Waals surface area contributed by atoms with Crippen LogP contribution in [0.5, 0.6) is 11.5 Å². The van der Waals surface area contributed by atoms with Gasteiger partial charge < -0.3 is 29.1 Å². The van der Waals surface area contributed by atoms with E-state index in [4.69, 9.17) is 19.3 Å². The van der Waals surface area contributed by atoms with Gasteiger partial charge in [0, 0.05) is 26.2 Å². The van der Waals surface area contributed by atoms with E-state index < -0.39 is 5.97 Å². The van der Waals surface area contributed by atoms with Crippen LogP contribution in [0.3, 0.4) is 0 Å². The van der Waals surface area contributed by atoms with E-state index in [0.29, 0.717) is 49.2 Å². The van der Waals surface area contributed by atoms with Gasteiger partial charge in [-0.1, -0.05) is 92.8 Å². The highest BCUT2D eigenvalue weighted by molar-refractivity contribution is 5.85. The van der Waals surface area contributed by atoms with Crippen LogP contribution in [0.2, 0.25) is 0 Å². The molecule has 2 fully saturated rings. The third kappa shape index (κ3) is 16.5. The number of esters is 1. The average Bonchev–Trinajstić information content (AvgIpc) is 3.19. The number of aliphatic carboxylic acids is 1. The Morgan fingerprint density at radius 3 is 1.32 bits per heavy atom. The van der Waals surface area contributed by atoms with Gasteiger partial charge in [0.15, 0.2) is 0 Å². The zero-order valence-electron chi connectivity index (χ0n) is 38.2. The number of carboxylic acid groups (broad SMARTS) is 1. The van der Waals surface area contributed by atoms with Crippen molar-refractivity contribution in [3.05, 3.63) is 83.9 Å². The molecule has 8 heteroatoms. The third-order valence-corrected chi connectivity index (χ3v) is 12.8. The van der Waals surface area contributed by atoms with E-state index in [1.165, 1.54) is 58.4 Å². The number of hydrogen-bond donors (Lipinski definition) is 1. The smallest absolute Gasteiger partial charge is 0.307 e. The maximum absolute atomic E-state index is 11.5. The molecule has 0 bridgehead atoms. The molecule has 0 unspecified atom stereocenters. The maximum Gasteiger partial charge on any atom is 0.307 e. The maximum atomic E-state index is 11.5. The highest BCUT2D eigenvalue weighted by atomic mass is 16.5. The highest BCUT2D eigenvalue weighted by Crippen LogP contribution is 2.40. The van der Waals surface area contributed by atoms with Crippen molar-refractivity contribution in [3.63, 3.8) is 0 Å². The Labute approximate surface area is 375 Å². The fraction of sp³-hybridized carbons (Fsp3) is 0.593. The molecule has 6 rings (SSSR count). The molecule has 0 aromatic heterocycles. The van der Waals surface area contributed by atoms with E-state index in [9.17, 15) is 9.59 Å². The topological polar surface area (TPSA) is 88.5 Å². The van der Waals surface area contributed by atoms with Crippen molar-refractivity contribution in [3.8, 4) is 11.5 Å². The second-order valence-corrected chi connectivity index (χ2v) is 19.8. The van der Waals surface area contributed by atoms with Crippen LogP contribution in [0.4, 0.5) is 0 Å². The lowest BCUT2D eigenvalue weighted by Gasteiger charge is -2.37. The summed E-state index contributed by atoms with van der Waals surface area (Å²) in [7, 11) is 3.99. The molecule has 0 aliphatic heterocycles. The quantitative estimate of drug-likeness (QED) is 0.118. The van der Waals surface area contributed by atoms with Crippen LogP contribution in [0.1, 0.15) is 139 Å². The van der Waals surface area contributed by atoms with Crippen molar-refractivity contribution in [2.24, 2.45) is 22.7 Å². The molecular weight excluding hydrogens is 773 g/mol. The molecule has 2 aliphatic carbocycles. The average molecular weight is 855 g/mol. The minimum absolute atomic E-state index is 0. The zero-order valence-corrected chi connectivity index (χ0v) is 38.2. The Morgan fingerprint density at radius 2 is 0.952 bits per heavy atom. The zero-order chi connectivity index (χ0) is 43.5. The van der Waals surface area contributed by atoms with Crippen LogP contribution in [-0.2, 0) is 27.4 Å². The Hall–Kier alpha value is -4.14. The Morgan fingerprint density at radius 1 is 0.581 bits per heavy atom. The summed E-state index contributed by atoms with van der Waals surface area (Å²) >= 11 is 0. The molecule has 2 aliphatic rings. The number of carbonyl (C=O) groups is 2. The van der Waals surface area contributed by atoms with Crippen LogP contribution in [0, 0.1) is 22.7 Å². The molecule has 0 heterocycles. The summed E-state index contributed by atoms with van der Waals surface area (Å²) < 4.78 is 17.7. The molecule has 0 saturated heterocycles. The summed E-state index contributed by atoms with van der Waals surface area (Å²) in [6.07, 6.45) is 10.9. The first-order chi connectivity index (χ1) is 28.4. The fourth-order valence-corrected chi connectivity index (χ4v) is 8.95. The second kappa shape index (κ2) is 24.1. The molecule has 0 spiro atoms. The first-order valence-electron chi connectivity index (χ1n) is 22.6. The molecule has 0 radical (unpaired) electrons. The van der Waals surface area contributed by atoms with E-state index in [1.54, 1.807) is 0 Å². The van der Waals surface area contributed by atoms with Gasteiger partial charge in [0.25, 0.3) is 0 Å². The van der Waals surface area contributed by atoms with Crippen molar-refractivity contribution in [1.82, 2.24) is 9.80 Å². The molecule has 1 N–H and O–H groups in total.